The Morgan fingerprint density at radius 1 is 0.967 bits per heavy atom. The molecule has 0 aliphatic heterocycles. The lowest BCUT2D eigenvalue weighted by Crippen LogP contribution is -2.46. The van der Waals surface area contributed by atoms with Crippen molar-refractivity contribution < 1.29 is 19.1 Å². The van der Waals surface area contributed by atoms with Gasteiger partial charge < -0.3 is 20.3 Å². The van der Waals surface area contributed by atoms with Gasteiger partial charge in [0.15, 0.2) is 0 Å². The van der Waals surface area contributed by atoms with Crippen molar-refractivity contribution in [3.63, 3.8) is 0 Å². The van der Waals surface area contributed by atoms with Gasteiger partial charge in [-0.05, 0) is 38.5 Å². The molecule has 2 N–H and O–H groups in total. The topological polar surface area (TPSA) is 87.7 Å². The van der Waals surface area contributed by atoms with Gasteiger partial charge in [-0.2, -0.15) is 0 Å². The molecule has 0 heterocycles. The molecule has 2 aromatic rings. The Morgan fingerprint density at radius 2 is 1.63 bits per heavy atom. The number of aryl methyl sites for hydroxylation is 1. The van der Waals surface area contributed by atoms with E-state index in [2.05, 4.69) is 10.6 Å². The van der Waals surface area contributed by atoms with Crippen molar-refractivity contribution >= 4 is 23.4 Å². The fourth-order valence-corrected chi connectivity index (χ4v) is 2.70. The van der Waals surface area contributed by atoms with Crippen LogP contribution in [0.25, 0.3) is 0 Å². The quantitative estimate of drug-likeness (QED) is 0.629. The van der Waals surface area contributed by atoms with Gasteiger partial charge in [-0.15, -0.1) is 0 Å². The minimum atomic E-state index is -0.404. The predicted octanol–water partition coefficient (Wildman–Crippen LogP) is 2.50. The molecule has 0 spiro atoms. The van der Waals surface area contributed by atoms with Gasteiger partial charge in [0.25, 0.3) is 0 Å². The van der Waals surface area contributed by atoms with Crippen LogP contribution in [0.15, 0.2) is 54.6 Å². The van der Waals surface area contributed by atoms with E-state index in [0.717, 1.165) is 11.1 Å². The fourth-order valence-electron chi connectivity index (χ4n) is 2.70. The Kier molecular flexibility index (Phi) is 9.03. The zero-order valence-electron chi connectivity index (χ0n) is 17.7. The van der Waals surface area contributed by atoms with Crippen molar-refractivity contribution in [2.45, 2.75) is 33.4 Å². The first kappa shape index (κ1) is 23.1. The van der Waals surface area contributed by atoms with E-state index in [0.29, 0.717) is 12.3 Å². The minimum absolute atomic E-state index is 0.117. The summed E-state index contributed by atoms with van der Waals surface area (Å²) in [5, 5.41) is 5.26. The SMILES string of the molecule is Cc1ccc(NC(=O)CNC(=O)CN(C(=O)COCc2ccccc2)C(C)C)cc1. The number of nitrogens with one attached hydrogen (secondary N) is 2. The lowest BCUT2D eigenvalue weighted by atomic mass is 10.2. The summed E-state index contributed by atoms with van der Waals surface area (Å²) in [7, 11) is 0. The number of nitrogens with zero attached hydrogens (tertiary/aromatic N) is 1. The smallest absolute Gasteiger partial charge is 0.249 e. The van der Waals surface area contributed by atoms with Gasteiger partial charge in [-0.1, -0.05) is 48.0 Å². The van der Waals surface area contributed by atoms with Gasteiger partial charge in [-0.25, -0.2) is 0 Å². The van der Waals surface area contributed by atoms with Crippen molar-refractivity contribution in [1.82, 2.24) is 10.2 Å². The molecule has 0 fully saturated rings. The fraction of sp³-hybridized carbons (Fsp3) is 0.348. The molecule has 0 bridgehead atoms. The van der Waals surface area contributed by atoms with Gasteiger partial charge in [0.2, 0.25) is 17.7 Å². The summed E-state index contributed by atoms with van der Waals surface area (Å²) in [6.45, 7) is 5.51. The lowest BCUT2D eigenvalue weighted by Gasteiger charge is -2.26. The second kappa shape index (κ2) is 11.7. The van der Waals surface area contributed by atoms with Crippen LogP contribution in [0.5, 0.6) is 0 Å². The number of hydrogen-bond donors (Lipinski definition) is 2. The summed E-state index contributed by atoms with van der Waals surface area (Å²) in [6.07, 6.45) is 0. The van der Waals surface area contributed by atoms with Crippen LogP contribution in [0.1, 0.15) is 25.0 Å². The van der Waals surface area contributed by atoms with Crippen LogP contribution in [0.3, 0.4) is 0 Å². The van der Waals surface area contributed by atoms with Crippen molar-refractivity contribution in [2.75, 3.05) is 25.0 Å². The summed E-state index contributed by atoms with van der Waals surface area (Å²) in [4.78, 5) is 38.1. The van der Waals surface area contributed by atoms with E-state index in [1.807, 2.05) is 63.2 Å². The molecule has 30 heavy (non-hydrogen) atoms. The van der Waals surface area contributed by atoms with Crippen LogP contribution in [-0.4, -0.2) is 48.4 Å². The van der Waals surface area contributed by atoms with Crippen molar-refractivity contribution in [1.29, 1.82) is 0 Å². The number of carbonyl (C=O) groups is 3. The van der Waals surface area contributed by atoms with E-state index in [4.69, 9.17) is 4.74 Å². The van der Waals surface area contributed by atoms with Gasteiger partial charge >= 0.3 is 0 Å². The highest BCUT2D eigenvalue weighted by atomic mass is 16.5. The lowest BCUT2D eigenvalue weighted by molar-refractivity contribution is -0.142. The number of benzene rings is 2. The Labute approximate surface area is 177 Å². The number of hydrogen-bond acceptors (Lipinski definition) is 4. The molecule has 0 radical (unpaired) electrons. The van der Waals surface area contributed by atoms with Gasteiger partial charge in [-0.3, -0.25) is 14.4 Å². The zero-order chi connectivity index (χ0) is 21.9. The molecule has 2 aromatic carbocycles. The van der Waals surface area contributed by atoms with Gasteiger partial charge in [0, 0.05) is 11.7 Å². The number of ether oxygens (including phenoxy) is 1. The molecule has 7 nitrogen and oxygen atoms in total. The normalized spacial score (nSPS) is 10.5. The van der Waals surface area contributed by atoms with Crippen LogP contribution in [0.4, 0.5) is 5.69 Å². The molecule has 0 unspecified atom stereocenters. The molecule has 0 aliphatic carbocycles. The Morgan fingerprint density at radius 3 is 2.27 bits per heavy atom. The van der Waals surface area contributed by atoms with Crippen LogP contribution in [0, 0.1) is 6.92 Å². The van der Waals surface area contributed by atoms with Crippen LogP contribution in [0.2, 0.25) is 0 Å². The third-order valence-electron chi connectivity index (χ3n) is 4.38. The molecule has 0 atom stereocenters. The molecule has 160 valence electrons. The average Bonchev–Trinajstić information content (AvgIpc) is 2.72. The molecule has 7 heteroatoms. The first-order valence-corrected chi connectivity index (χ1v) is 9.89. The molecule has 0 saturated heterocycles. The first-order valence-electron chi connectivity index (χ1n) is 9.89. The number of carbonyl (C=O) groups excluding carboxylic acids is 3. The van der Waals surface area contributed by atoms with E-state index < -0.39 is 5.91 Å². The third kappa shape index (κ3) is 8.05. The Balaban J connectivity index is 1.76. The van der Waals surface area contributed by atoms with E-state index in [9.17, 15) is 14.4 Å². The summed E-state index contributed by atoms with van der Waals surface area (Å²) in [5.41, 5.74) is 2.72. The number of rotatable bonds is 10. The summed E-state index contributed by atoms with van der Waals surface area (Å²) in [5.74, 6) is -1.01. The van der Waals surface area contributed by atoms with Crippen LogP contribution >= 0.6 is 0 Å². The summed E-state index contributed by atoms with van der Waals surface area (Å²) >= 11 is 0. The molecule has 2 rings (SSSR count). The van der Waals surface area contributed by atoms with E-state index in [-0.39, 0.29) is 37.6 Å². The molecular weight excluding hydrogens is 382 g/mol. The molecule has 3 amide bonds. The summed E-state index contributed by atoms with van der Waals surface area (Å²) < 4.78 is 5.48. The van der Waals surface area contributed by atoms with E-state index in [1.165, 1.54) is 4.90 Å². The highest BCUT2D eigenvalue weighted by molar-refractivity contribution is 5.95. The van der Waals surface area contributed by atoms with Crippen LogP contribution in [-0.2, 0) is 25.7 Å². The third-order valence-corrected chi connectivity index (χ3v) is 4.38. The molecule has 0 saturated carbocycles. The first-order chi connectivity index (χ1) is 14.3. The van der Waals surface area contributed by atoms with E-state index in [1.54, 1.807) is 12.1 Å². The van der Waals surface area contributed by atoms with Crippen molar-refractivity contribution in [2.24, 2.45) is 0 Å². The maximum atomic E-state index is 12.5. The van der Waals surface area contributed by atoms with Gasteiger partial charge in [0.1, 0.15) is 6.61 Å². The highest BCUT2D eigenvalue weighted by Gasteiger charge is 2.20. The van der Waals surface area contributed by atoms with Crippen molar-refractivity contribution in [3.05, 3.63) is 65.7 Å². The maximum absolute atomic E-state index is 12.5. The highest BCUT2D eigenvalue weighted by Crippen LogP contribution is 2.08. The maximum Gasteiger partial charge on any atom is 0.249 e. The molecule has 0 aliphatic rings. The largest absolute Gasteiger partial charge is 0.367 e. The summed E-state index contributed by atoms with van der Waals surface area (Å²) in [6, 6.07) is 16.7. The second-order valence-corrected chi connectivity index (χ2v) is 7.28. The van der Waals surface area contributed by atoms with Crippen LogP contribution < -0.4 is 10.6 Å². The minimum Gasteiger partial charge on any atom is -0.367 e. The predicted molar refractivity (Wildman–Crippen MR) is 116 cm³/mol. The monoisotopic (exact) mass is 411 g/mol. The second-order valence-electron chi connectivity index (χ2n) is 7.28. The number of amides is 3. The Hall–Kier alpha value is -3.19. The standard InChI is InChI=1S/C23H29N3O4/c1-17(2)26(23(29)16-30-15-19-7-5-4-6-8-19)14-22(28)24-13-21(27)25-20-11-9-18(3)10-12-20/h4-12,17H,13-16H2,1-3H3,(H,24,28)(H,25,27). The number of anilines is 1. The molecule has 0 aromatic heterocycles. The molecular formula is C23H29N3O4. The Bertz CT molecular complexity index is 835. The van der Waals surface area contributed by atoms with E-state index >= 15 is 0 Å². The zero-order valence-corrected chi connectivity index (χ0v) is 17.7. The van der Waals surface area contributed by atoms with Gasteiger partial charge in [0.05, 0.1) is 19.7 Å². The average molecular weight is 412 g/mol. The van der Waals surface area contributed by atoms with Crippen molar-refractivity contribution in [3.8, 4) is 0 Å².